The normalized spacial score (nSPS) is 11.6. The molecule has 2 aromatic heterocycles. The minimum Gasteiger partial charge on any atom is -0.396 e. The lowest BCUT2D eigenvalue weighted by atomic mass is 10.1. The van der Waals surface area contributed by atoms with E-state index in [0.717, 1.165) is 28.7 Å². The molecule has 0 spiro atoms. The molecule has 4 rings (SSSR count). The molecule has 2 aromatic carbocycles. The van der Waals surface area contributed by atoms with Crippen molar-refractivity contribution in [3.63, 3.8) is 0 Å². The second-order valence-electron chi connectivity index (χ2n) is 8.95. The number of aliphatic hydroxyl groups excluding tert-OH is 1. The van der Waals surface area contributed by atoms with Gasteiger partial charge in [0.05, 0.1) is 0 Å². The number of nitrogens with zero attached hydrogens (tertiary/aromatic N) is 5. The van der Waals surface area contributed by atoms with E-state index in [9.17, 15) is 19.1 Å². The number of aromatic nitrogens is 4. The van der Waals surface area contributed by atoms with Crippen LogP contribution in [0.4, 0.5) is 4.39 Å². The number of hydrogen-bond donors (Lipinski definition) is 1. The summed E-state index contributed by atoms with van der Waals surface area (Å²) in [4.78, 5) is 33.2. The second kappa shape index (κ2) is 10.4. The first kappa shape index (κ1) is 24.6. The van der Waals surface area contributed by atoms with Crippen molar-refractivity contribution in [2.45, 2.75) is 25.9 Å². The zero-order chi connectivity index (χ0) is 25.1. The van der Waals surface area contributed by atoms with E-state index in [4.69, 9.17) is 4.98 Å². The Morgan fingerprint density at radius 2 is 1.63 bits per heavy atom. The third-order valence-electron chi connectivity index (χ3n) is 6.09. The lowest BCUT2D eigenvalue weighted by Crippen LogP contribution is -2.39. The summed E-state index contributed by atoms with van der Waals surface area (Å²) < 4.78 is 17.8. The molecule has 2 heterocycles. The van der Waals surface area contributed by atoms with Crippen LogP contribution in [-0.4, -0.2) is 55.9 Å². The van der Waals surface area contributed by atoms with Crippen molar-refractivity contribution in [2.24, 2.45) is 7.05 Å². The monoisotopic (exact) mass is 479 g/mol. The van der Waals surface area contributed by atoms with Gasteiger partial charge in [0, 0.05) is 38.9 Å². The first-order valence-corrected chi connectivity index (χ1v) is 11.6. The Morgan fingerprint density at radius 3 is 2.26 bits per heavy atom. The number of rotatable bonds is 9. The van der Waals surface area contributed by atoms with Gasteiger partial charge in [0.1, 0.15) is 11.6 Å². The Labute approximate surface area is 202 Å². The Bertz CT molecular complexity index is 1430. The summed E-state index contributed by atoms with van der Waals surface area (Å²) in [6.07, 6.45) is 1.19. The van der Waals surface area contributed by atoms with Crippen LogP contribution in [0, 0.1) is 5.82 Å². The highest BCUT2D eigenvalue weighted by molar-refractivity contribution is 5.77. The van der Waals surface area contributed by atoms with Crippen LogP contribution in [0.25, 0.3) is 22.6 Å². The highest BCUT2D eigenvalue weighted by atomic mass is 19.1. The molecule has 0 saturated heterocycles. The van der Waals surface area contributed by atoms with Gasteiger partial charge in [0.15, 0.2) is 11.2 Å². The van der Waals surface area contributed by atoms with Crippen molar-refractivity contribution in [1.29, 1.82) is 0 Å². The largest absolute Gasteiger partial charge is 0.396 e. The molecular weight excluding hydrogens is 449 g/mol. The molecule has 1 N–H and O–H groups in total. The van der Waals surface area contributed by atoms with Crippen molar-refractivity contribution in [3.05, 3.63) is 86.3 Å². The summed E-state index contributed by atoms with van der Waals surface area (Å²) in [5, 5.41) is 9.23. The van der Waals surface area contributed by atoms with Gasteiger partial charge in [-0.15, -0.1) is 0 Å². The fourth-order valence-electron chi connectivity index (χ4n) is 4.12. The third kappa shape index (κ3) is 5.11. The number of fused-ring (bicyclic) bond motifs is 1. The predicted molar refractivity (Wildman–Crippen MR) is 134 cm³/mol. The predicted octanol–water partition coefficient (Wildman–Crippen LogP) is 2.24. The van der Waals surface area contributed by atoms with Crippen LogP contribution in [0.1, 0.15) is 17.5 Å². The molecule has 0 saturated carbocycles. The molecule has 0 bridgehead atoms. The van der Waals surface area contributed by atoms with E-state index in [1.807, 2.05) is 38.4 Å². The molecule has 35 heavy (non-hydrogen) atoms. The molecular formula is C26H30FN5O3. The van der Waals surface area contributed by atoms with Crippen LogP contribution < -0.4 is 11.2 Å². The molecule has 4 aromatic rings. The van der Waals surface area contributed by atoms with Gasteiger partial charge >= 0.3 is 5.69 Å². The Balaban J connectivity index is 1.89. The number of hydrogen-bond acceptors (Lipinski definition) is 5. The van der Waals surface area contributed by atoms with Crippen molar-refractivity contribution < 1.29 is 9.50 Å². The fraction of sp³-hybridized carbons (Fsp3) is 0.346. The standard InChI is InChI=1S/C26H30FN5O3/c1-29(2)15-13-18-5-9-20(10-6-18)23-28-24-22(32(23)17-19-7-11-21(27)12-8-19)25(34)31(14-4-16-33)26(35)30(24)3/h5-12,33H,4,13-17H2,1-3H3. The van der Waals surface area contributed by atoms with Crippen LogP contribution in [0.5, 0.6) is 0 Å². The second-order valence-corrected chi connectivity index (χ2v) is 8.95. The number of benzene rings is 2. The first-order chi connectivity index (χ1) is 16.8. The number of aryl methyl sites for hydroxylation is 1. The van der Waals surface area contributed by atoms with Crippen LogP contribution in [0.3, 0.4) is 0 Å². The molecule has 0 amide bonds. The van der Waals surface area contributed by atoms with E-state index in [0.29, 0.717) is 11.3 Å². The van der Waals surface area contributed by atoms with Crippen LogP contribution >= 0.6 is 0 Å². The molecule has 184 valence electrons. The lowest BCUT2D eigenvalue weighted by molar-refractivity contribution is 0.277. The molecule has 0 fully saturated rings. The third-order valence-corrected chi connectivity index (χ3v) is 6.09. The molecule has 0 unspecified atom stereocenters. The molecule has 0 aliphatic rings. The fourth-order valence-corrected chi connectivity index (χ4v) is 4.12. The zero-order valence-corrected chi connectivity index (χ0v) is 20.2. The van der Waals surface area contributed by atoms with Gasteiger partial charge in [0.25, 0.3) is 5.56 Å². The summed E-state index contributed by atoms with van der Waals surface area (Å²) in [6, 6.07) is 14.1. The van der Waals surface area contributed by atoms with Gasteiger partial charge in [-0.1, -0.05) is 36.4 Å². The summed E-state index contributed by atoms with van der Waals surface area (Å²) in [7, 11) is 5.65. The van der Waals surface area contributed by atoms with Gasteiger partial charge in [-0.3, -0.25) is 13.9 Å². The van der Waals surface area contributed by atoms with E-state index in [2.05, 4.69) is 4.90 Å². The van der Waals surface area contributed by atoms with Gasteiger partial charge in [-0.2, -0.15) is 0 Å². The summed E-state index contributed by atoms with van der Waals surface area (Å²) in [5.41, 5.74) is 2.43. The van der Waals surface area contributed by atoms with Gasteiger partial charge in [-0.05, 0) is 50.2 Å². The van der Waals surface area contributed by atoms with Crippen molar-refractivity contribution in [3.8, 4) is 11.4 Å². The van der Waals surface area contributed by atoms with Crippen LogP contribution in [0.2, 0.25) is 0 Å². The quantitative estimate of drug-likeness (QED) is 0.398. The smallest absolute Gasteiger partial charge is 0.332 e. The van der Waals surface area contributed by atoms with E-state index >= 15 is 0 Å². The Kier molecular flexibility index (Phi) is 7.28. The summed E-state index contributed by atoms with van der Waals surface area (Å²) >= 11 is 0. The van der Waals surface area contributed by atoms with Gasteiger partial charge in [0.2, 0.25) is 0 Å². The van der Waals surface area contributed by atoms with Gasteiger partial charge < -0.3 is 14.6 Å². The first-order valence-electron chi connectivity index (χ1n) is 11.6. The zero-order valence-electron chi connectivity index (χ0n) is 20.2. The average Bonchev–Trinajstić information content (AvgIpc) is 3.22. The maximum Gasteiger partial charge on any atom is 0.332 e. The minimum atomic E-state index is -0.479. The van der Waals surface area contributed by atoms with Crippen LogP contribution in [0.15, 0.2) is 58.1 Å². The average molecular weight is 480 g/mol. The molecule has 0 radical (unpaired) electrons. The van der Waals surface area contributed by atoms with Crippen molar-refractivity contribution in [2.75, 3.05) is 27.2 Å². The maximum atomic E-state index is 13.5. The SMILES string of the molecule is CN(C)CCc1ccc(-c2nc3c(c(=O)n(CCCO)c(=O)n3C)n2Cc2ccc(F)cc2)cc1. The summed E-state index contributed by atoms with van der Waals surface area (Å²) in [5.74, 6) is 0.210. The summed E-state index contributed by atoms with van der Waals surface area (Å²) in [6.45, 7) is 1.18. The number of imidazole rings is 1. The van der Waals surface area contributed by atoms with E-state index in [1.54, 1.807) is 23.7 Å². The molecule has 9 heteroatoms. The molecule has 8 nitrogen and oxygen atoms in total. The van der Waals surface area contributed by atoms with Gasteiger partial charge in [-0.25, -0.2) is 14.2 Å². The maximum absolute atomic E-state index is 13.5. The minimum absolute atomic E-state index is 0.107. The lowest BCUT2D eigenvalue weighted by Gasteiger charge is -2.12. The van der Waals surface area contributed by atoms with Crippen molar-refractivity contribution >= 4 is 11.2 Å². The number of likely N-dealkylation sites (N-methyl/N-ethyl adjacent to an activating group) is 1. The highest BCUT2D eigenvalue weighted by Crippen LogP contribution is 2.24. The molecule has 0 aliphatic heterocycles. The Hall–Kier alpha value is -3.56. The van der Waals surface area contributed by atoms with E-state index < -0.39 is 11.2 Å². The Morgan fingerprint density at radius 1 is 0.971 bits per heavy atom. The topological polar surface area (TPSA) is 85.3 Å². The number of aliphatic hydroxyl groups is 1. The molecule has 0 aliphatic carbocycles. The van der Waals surface area contributed by atoms with Crippen LogP contribution in [-0.2, 0) is 26.6 Å². The highest BCUT2D eigenvalue weighted by Gasteiger charge is 2.21. The molecule has 0 atom stereocenters. The van der Waals surface area contributed by atoms with Crippen molar-refractivity contribution in [1.82, 2.24) is 23.6 Å². The van der Waals surface area contributed by atoms with E-state index in [-0.39, 0.29) is 37.6 Å². The van der Waals surface area contributed by atoms with E-state index in [1.165, 1.54) is 22.3 Å². The number of halogens is 1.